The zero-order chi connectivity index (χ0) is 16.8. The number of hydrogen-bond donors (Lipinski definition) is 3. The van der Waals surface area contributed by atoms with Gasteiger partial charge in [-0.3, -0.25) is 14.7 Å². The number of aromatic nitrogens is 2. The van der Waals surface area contributed by atoms with E-state index in [1.54, 1.807) is 31.2 Å². The van der Waals surface area contributed by atoms with Crippen molar-refractivity contribution >= 4 is 17.6 Å². The summed E-state index contributed by atoms with van der Waals surface area (Å²) in [6.07, 6.45) is 0.158. The SMILES string of the molecule is COC(=O)C1C(c2ccc(Cl)cc2)c2c([nH][nH]c2=O)CC1(C)O. The minimum atomic E-state index is -1.35. The molecule has 0 spiro atoms. The van der Waals surface area contributed by atoms with E-state index in [-0.39, 0.29) is 12.0 Å². The lowest BCUT2D eigenvalue weighted by atomic mass is 9.66. The van der Waals surface area contributed by atoms with Crippen LogP contribution in [0.5, 0.6) is 0 Å². The Kier molecular flexibility index (Phi) is 3.82. The minimum Gasteiger partial charge on any atom is -0.469 e. The number of esters is 1. The van der Waals surface area contributed by atoms with E-state index in [1.165, 1.54) is 7.11 Å². The topological polar surface area (TPSA) is 95.2 Å². The van der Waals surface area contributed by atoms with Crippen LogP contribution in [0.15, 0.2) is 29.1 Å². The predicted molar refractivity (Wildman–Crippen MR) is 84.5 cm³/mol. The highest BCUT2D eigenvalue weighted by Crippen LogP contribution is 2.44. The molecule has 0 fully saturated rings. The van der Waals surface area contributed by atoms with Gasteiger partial charge in [0.2, 0.25) is 0 Å². The Balaban J connectivity index is 2.24. The molecule has 1 aliphatic carbocycles. The van der Waals surface area contributed by atoms with Crippen LogP contribution in [0.2, 0.25) is 5.02 Å². The Morgan fingerprint density at radius 3 is 2.61 bits per heavy atom. The molecule has 0 saturated carbocycles. The molecule has 1 aliphatic rings. The predicted octanol–water partition coefficient (Wildman–Crippen LogP) is 1.58. The summed E-state index contributed by atoms with van der Waals surface area (Å²) in [5.41, 5.74) is 0.116. The molecule has 23 heavy (non-hydrogen) atoms. The quantitative estimate of drug-likeness (QED) is 0.726. The number of carbonyl (C=O) groups excluding carboxylic acids is 1. The Labute approximate surface area is 137 Å². The molecule has 3 N–H and O–H groups in total. The fourth-order valence-corrected chi connectivity index (χ4v) is 3.54. The van der Waals surface area contributed by atoms with Gasteiger partial charge in [-0.15, -0.1) is 0 Å². The molecule has 6 nitrogen and oxygen atoms in total. The van der Waals surface area contributed by atoms with Crippen LogP contribution in [0.4, 0.5) is 0 Å². The third kappa shape index (κ3) is 2.58. The molecule has 3 rings (SSSR count). The number of aromatic amines is 2. The highest BCUT2D eigenvalue weighted by molar-refractivity contribution is 6.30. The lowest BCUT2D eigenvalue weighted by Gasteiger charge is -2.40. The van der Waals surface area contributed by atoms with E-state index < -0.39 is 23.4 Å². The van der Waals surface area contributed by atoms with Crippen LogP contribution >= 0.6 is 11.6 Å². The van der Waals surface area contributed by atoms with Gasteiger partial charge in [0.1, 0.15) is 0 Å². The van der Waals surface area contributed by atoms with Crippen LogP contribution in [0.1, 0.15) is 29.7 Å². The van der Waals surface area contributed by atoms with Crippen molar-refractivity contribution in [1.82, 2.24) is 10.2 Å². The summed E-state index contributed by atoms with van der Waals surface area (Å²) in [4.78, 5) is 24.6. The number of hydrogen-bond acceptors (Lipinski definition) is 4. The number of aliphatic hydroxyl groups is 1. The summed E-state index contributed by atoms with van der Waals surface area (Å²) in [6.45, 7) is 1.58. The standard InChI is InChI=1S/C16H17ClN2O4/c1-16(22)7-10-12(14(20)19-18-10)11(13(16)15(21)23-2)8-3-5-9(17)6-4-8/h3-6,11,13,22H,7H2,1-2H3,(H2,18,19,20). The largest absolute Gasteiger partial charge is 0.469 e. The van der Waals surface area contributed by atoms with Gasteiger partial charge in [-0.05, 0) is 24.6 Å². The Morgan fingerprint density at radius 1 is 1.35 bits per heavy atom. The zero-order valence-electron chi connectivity index (χ0n) is 12.7. The molecule has 0 amide bonds. The van der Waals surface area contributed by atoms with Crippen molar-refractivity contribution in [3.8, 4) is 0 Å². The maximum Gasteiger partial charge on any atom is 0.312 e. The van der Waals surface area contributed by atoms with Gasteiger partial charge in [-0.2, -0.15) is 0 Å². The lowest BCUT2D eigenvalue weighted by Crippen LogP contribution is -2.49. The van der Waals surface area contributed by atoms with Crippen molar-refractivity contribution in [2.75, 3.05) is 7.11 Å². The highest BCUT2D eigenvalue weighted by atomic mass is 35.5. The molecular weight excluding hydrogens is 320 g/mol. The van der Waals surface area contributed by atoms with Gasteiger partial charge in [0.25, 0.3) is 5.56 Å². The first kappa shape index (κ1) is 15.8. The summed E-state index contributed by atoms with van der Waals surface area (Å²) in [5.74, 6) is -2.06. The molecule has 7 heteroatoms. The average Bonchev–Trinajstić information content (AvgIpc) is 2.85. The van der Waals surface area contributed by atoms with E-state index in [0.717, 1.165) is 5.56 Å². The Bertz CT molecular complexity index is 791. The second-order valence-electron chi connectivity index (χ2n) is 6.04. The van der Waals surface area contributed by atoms with E-state index >= 15 is 0 Å². The molecule has 122 valence electrons. The normalized spacial score (nSPS) is 26.6. The third-order valence-electron chi connectivity index (χ3n) is 4.43. The maximum atomic E-state index is 12.3. The molecule has 1 aromatic heterocycles. The molecule has 0 saturated heterocycles. The molecule has 3 atom stereocenters. The van der Waals surface area contributed by atoms with E-state index in [2.05, 4.69) is 10.2 Å². The van der Waals surface area contributed by atoms with Gasteiger partial charge in [0.05, 0.1) is 18.6 Å². The first-order chi connectivity index (χ1) is 10.8. The van der Waals surface area contributed by atoms with Gasteiger partial charge in [0, 0.05) is 28.6 Å². The minimum absolute atomic E-state index is 0.158. The van der Waals surface area contributed by atoms with Crippen LogP contribution in [0.25, 0.3) is 0 Å². The van der Waals surface area contributed by atoms with E-state index in [1.807, 2.05) is 0 Å². The number of carbonyl (C=O) groups is 1. The molecule has 0 radical (unpaired) electrons. The molecule has 1 heterocycles. The number of fused-ring (bicyclic) bond motifs is 1. The smallest absolute Gasteiger partial charge is 0.312 e. The second kappa shape index (κ2) is 5.54. The molecule has 0 bridgehead atoms. The lowest BCUT2D eigenvalue weighted by molar-refractivity contribution is -0.156. The Morgan fingerprint density at radius 2 is 2.00 bits per heavy atom. The summed E-state index contributed by atoms with van der Waals surface area (Å²) < 4.78 is 4.88. The van der Waals surface area contributed by atoms with Crippen molar-refractivity contribution in [3.63, 3.8) is 0 Å². The van der Waals surface area contributed by atoms with Crippen LogP contribution in [0.3, 0.4) is 0 Å². The summed E-state index contributed by atoms with van der Waals surface area (Å²) >= 11 is 5.93. The van der Waals surface area contributed by atoms with Crippen molar-refractivity contribution < 1.29 is 14.6 Å². The van der Waals surface area contributed by atoms with Gasteiger partial charge >= 0.3 is 5.97 Å². The molecule has 0 aliphatic heterocycles. The fourth-order valence-electron chi connectivity index (χ4n) is 3.41. The average molecular weight is 337 g/mol. The number of benzene rings is 1. The fraction of sp³-hybridized carbons (Fsp3) is 0.375. The number of nitrogens with one attached hydrogen (secondary N) is 2. The second-order valence-corrected chi connectivity index (χ2v) is 6.47. The van der Waals surface area contributed by atoms with E-state index in [0.29, 0.717) is 16.3 Å². The molecule has 2 aromatic rings. The number of rotatable bonds is 2. The zero-order valence-corrected chi connectivity index (χ0v) is 13.5. The van der Waals surface area contributed by atoms with Crippen molar-refractivity contribution in [2.24, 2.45) is 5.92 Å². The number of methoxy groups -OCH3 is 1. The number of H-pyrrole nitrogens is 2. The summed E-state index contributed by atoms with van der Waals surface area (Å²) in [6, 6.07) is 6.88. The molecule has 3 unspecified atom stereocenters. The van der Waals surface area contributed by atoms with Crippen molar-refractivity contribution in [1.29, 1.82) is 0 Å². The van der Waals surface area contributed by atoms with Crippen LogP contribution in [0, 0.1) is 5.92 Å². The summed E-state index contributed by atoms with van der Waals surface area (Å²) in [5, 5.41) is 16.7. The van der Waals surface area contributed by atoms with Crippen LogP contribution in [-0.2, 0) is 16.0 Å². The van der Waals surface area contributed by atoms with Crippen molar-refractivity contribution in [3.05, 3.63) is 56.5 Å². The maximum absolute atomic E-state index is 12.3. The number of halogens is 1. The first-order valence-corrected chi connectivity index (χ1v) is 7.58. The first-order valence-electron chi connectivity index (χ1n) is 7.20. The van der Waals surface area contributed by atoms with Crippen LogP contribution < -0.4 is 5.56 Å². The van der Waals surface area contributed by atoms with Crippen molar-refractivity contribution in [2.45, 2.75) is 24.9 Å². The monoisotopic (exact) mass is 336 g/mol. The number of ether oxygens (including phenoxy) is 1. The van der Waals surface area contributed by atoms with Crippen LogP contribution in [-0.4, -0.2) is 34.0 Å². The molecular formula is C16H17ClN2O4. The van der Waals surface area contributed by atoms with Gasteiger partial charge in [0.15, 0.2) is 0 Å². The molecule has 1 aromatic carbocycles. The van der Waals surface area contributed by atoms with E-state index in [4.69, 9.17) is 16.3 Å². The van der Waals surface area contributed by atoms with E-state index in [9.17, 15) is 14.7 Å². The van der Waals surface area contributed by atoms with Gasteiger partial charge in [-0.1, -0.05) is 23.7 Å². The summed E-state index contributed by atoms with van der Waals surface area (Å²) in [7, 11) is 1.27. The highest BCUT2D eigenvalue weighted by Gasteiger charge is 2.51. The van der Waals surface area contributed by atoms with Gasteiger partial charge < -0.3 is 14.9 Å². The third-order valence-corrected chi connectivity index (χ3v) is 4.68. The van der Waals surface area contributed by atoms with Gasteiger partial charge in [-0.25, -0.2) is 0 Å². The Hall–Kier alpha value is -2.05.